The molecule has 66 valence electrons. The van der Waals surface area contributed by atoms with Crippen molar-refractivity contribution in [3.63, 3.8) is 0 Å². The monoisotopic (exact) mass is 158 g/mol. The molecule has 2 nitrogen and oxygen atoms in total. The fourth-order valence-corrected chi connectivity index (χ4v) is 0.573. The van der Waals surface area contributed by atoms with Gasteiger partial charge in [-0.2, -0.15) is 0 Å². The minimum atomic E-state index is -0.588. The van der Waals surface area contributed by atoms with Crippen molar-refractivity contribution in [2.75, 3.05) is 6.61 Å². The number of carbonyl (C=O) groups is 1. The summed E-state index contributed by atoms with van der Waals surface area (Å²) < 4.78 is 5.38. The van der Waals surface area contributed by atoms with Crippen LogP contribution >= 0.6 is 0 Å². The topological polar surface area (TPSA) is 26.3 Å². The highest BCUT2D eigenvalue weighted by molar-refractivity contribution is 5.83. The van der Waals surface area contributed by atoms with E-state index in [0.29, 0.717) is 6.61 Å². The highest BCUT2D eigenvalue weighted by atomic mass is 16.5. The molecule has 0 N–H and O–H groups in total. The van der Waals surface area contributed by atoms with Crippen LogP contribution in [-0.4, -0.2) is 18.0 Å². The van der Waals surface area contributed by atoms with E-state index in [2.05, 4.69) is 6.92 Å². The molecule has 0 aromatic heterocycles. The Morgan fingerprint density at radius 2 is 2.00 bits per heavy atom. The zero-order chi connectivity index (χ0) is 8.91. The maximum Gasteiger partial charge on any atom is 0.160 e. The van der Waals surface area contributed by atoms with Crippen molar-refractivity contribution < 1.29 is 9.53 Å². The van der Waals surface area contributed by atoms with Gasteiger partial charge in [0.1, 0.15) is 5.60 Å². The van der Waals surface area contributed by atoms with Crippen molar-refractivity contribution in [2.24, 2.45) is 0 Å². The first-order chi connectivity index (χ1) is 5.00. The molecule has 0 atom stereocenters. The molecule has 0 aromatic rings. The zero-order valence-corrected chi connectivity index (χ0v) is 7.94. The molecule has 0 spiro atoms. The standard InChI is InChI=1S/C9H18O2/c1-5-6-7-11-9(3,4)8(2)10/h5-7H2,1-4H3. The van der Waals surface area contributed by atoms with Crippen LogP contribution in [0.5, 0.6) is 0 Å². The average molecular weight is 158 g/mol. The third-order valence-electron chi connectivity index (χ3n) is 1.81. The number of ketones is 1. The van der Waals surface area contributed by atoms with E-state index < -0.39 is 5.60 Å². The first-order valence-corrected chi connectivity index (χ1v) is 4.15. The van der Waals surface area contributed by atoms with Gasteiger partial charge in [0.05, 0.1) is 0 Å². The van der Waals surface area contributed by atoms with Gasteiger partial charge in [-0.05, 0) is 27.2 Å². The van der Waals surface area contributed by atoms with Crippen LogP contribution in [0.25, 0.3) is 0 Å². The van der Waals surface area contributed by atoms with Crippen molar-refractivity contribution in [2.45, 2.75) is 46.1 Å². The van der Waals surface area contributed by atoms with Gasteiger partial charge in [0, 0.05) is 6.61 Å². The third kappa shape index (κ3) is 4.14. The molecule has 0 fully saturated rings. The van der Waals surface area contributed by atoms with E-state index in [-0.39, 0.29) is 5.78 Å². The van der Waals surface area contributed by atoms with Crippen LogP contribution in [0.2, 0.25) is 0 Å². The summed E-state index contributed by atoms with van der Waals surface area (Å²) in [5.41, 5.74) is -0.588. The van der Waals surface area contributed by atoms with Gasteiger partial charge < -0.3 is 4.74 Å². The summed E-state index contributed by atoms with van der Waals surface area (Å²) in [6.45, 7) is 7.97. The molecule has 0 unspecified atom stereocenters. The highest BCUT2D eigenvalue weighted by Gasteiger charge is 2.23. The maximum absolute atomic E-state index is 10.9. The molecule has 2 heteroatoms. The number of rotatable bonds is 5. The number of carbonyl (C=O) groups excluding carboxylic acids is 1. The lowest BCUT2D eigenvalue weighted by Gasteiger charge is -2.21. The fraction of sp³-hybridized carbons (Fsp3) is 0.889. The second kappa shape index (κ2) is 4.50. The van der Waals surface area contributed by atoms with E-state index in [1.165, 1.54) is 0 Å². The van der Waals surface area contributed by atoms with Crippen LogP contribution in [0.1, 0.15) is 40.5 Å². The average Bonchev–Trinajstić information content (AvgIpc) is 1.88. The molecular formula is C9H18O2. The predicted molar refractivity (Wildman–Crippen MR) is 45.6 cm³/mol. The lowest BCUT2D eigenvalue weighted by atomic mass is 10.1. The Bertz CT molecular complexity index is 128. The first kappa shape index (κ1) is 10.6. The molecule has 11 heavy (non-hydrogen) atoms. The second-order valence-corrected chi connectivity index (χ2v) is 3.27. The highest BCUT2D eigenvalue weighted by Crippen LogP contribution is 2.10. The molecule has 0 aliphatic rings. The Hall–Kier alpha value is -0.370. The molecule has 0 aliphatic heterocycles. The van der Waals surface area contributed by atoms with Crippen LogP contribution in [0.3, 0.4) is 0 Å². The summed E-state index contributed by atoms with van der Waals surface area (Å²) in [5, 5.41) is 0. The summed E-state index contributed by atoms with van der Waals surface area (Å²) in [7, 11) is 0. The van der Waals surface area contributed by atoms with Gasteiger partial charge in [-0.1, -0.05) is 13.3 Å². The lowest BCUT2D eigenvalue weighted by Crippen LogP contribution is -2.33. The number of hydrogen-bond donors (Lipinski definition) is 0. The predicted octanol–water partition coefficient (Wildman–Crippen LogP) is 2.17. The first-order valence-electron chi connectivity index (χ1n) is 4.15. The Balaban J connectivity index is 3.64. The van der Waals surface area contributed by atoms with Crippen molar-refractivity contribution in [1.29, 1.82) is 0 Å². The summed E-state index contributed by atoms with van der Waals surface area (Å²) in [6, 6.07) is 0. The summed E-state index contributed by atoms with van der Waals surface area (Å²) in [4.78, 5) is 10.9. The molecule has 0 aromatic carbocycles. The number of hydrogen-bond acceptors (Lipinski definition) is 2. The second-order valence-electron chi connectivity index (χ2n) is 3.27. The van der Waals surface area contributed by atoms with Crippen LogP contribution in [0.15, 0.2) is 0 Å². The van der Waals surface area contributed by atoms with E-state index in [1.807, 2.05) is 13.8 Å². The molecule has 0 aliphatic carbocycles. The van der Waals surface area contributed by atoms with Gasteiger partial charge in [0.25, 0.3) is 0 Å². The largest absolute Gasteiger partial charge is 0.368 e. The van der Waals surface area contributed by atoms with E-state index >= 15 is 0 Å². The van der Waals surface area contributed by atoms with Gasteiger partial charge >= 0.3 is 0 Å². The molecule has 0 bridgehead atoms. The summed E-state index contributed by atoms with van der Waals surface area (Å²) in [6.07, 6.45) is 2.13. The van der Waals surface area contributed by atoms with Crippen molar-refractivity contribution >= 4 is 5.78 Å². The van der Waals surface area contributed by atoms with Crippen molar-refractivity contribution in [1.82, 2.24) is 0 Å². The molecule has 0 radical (unpaired) electrons. The molecule has 0 saturated carbocycles. The van der Waals surface area contributed by atoms with E-state index in [9.17, 15) is 4.79 Å². The molecular weight excluding hydrogens is 140 g/mol. The van der Waals surface area contributed by atoms with E-state index in [4.69, 9.17) is 4.74 Å². The lowest BCUT2D eigenvalue weighted by molar-refractivity contribution is -0.138. The Labute approximate surface area is 68.9 Å². The Morgan fingerprint density at radius 1 is 1.45 bits per heavy atom. The van der Waals surface area contributed by atoms with Crippen LogP contribution in [0, 0.1) is 0 Å². The van der Waals surface area contributed by atoms with Crippen LogP contribution < -0.4 is 0 Å². The SMILES string of the molecule is CCCCOC(C)(C)C(C)=O. The Morgan fingerprint density at radius 3 is 2.36 bits per heavy atom. The quantitative estimate of drug-likeness (QED) is 0.573. The maximum atomic E-state index is 10.9. The minimum absolute atomic E-state index is 0.0913. The van der Waals surface area contributed by atoms with Gasteiger partial charge in [0.2, 0.25) is 0 Å². The fourth-order valence-electron chi connectivity index (χ4n) is 0.573. The number of unbranched alkanes of at least 4 members (excludes halogenated alkanes) is 1. The Kier molecular flexibility index (Phi) is 4.34. The van der Waals surface area contributed by atoms with Gasteiger partial charge in [-0.15, -0.1) is 0 Å². The minimum Gasteiger partial charge on any atom is -0.368 e. The van der Waals surface area contributed by atoms with Gasteiger partial charge in [-0.3, -0.25) is 4.79 Å². The normalized spacial score (nSPS) is 11.6. The molecule has 0 heterocycles. The van der Waals surface area contributed by atoms with E-state index in [1.54, 1.807) is 6.92 Å². The van der Waals surface area contributed by atoms with Gasteiger partial charge in [-0.25, -0.2) is 0 Å². The summed E-state index contributed by atoms with van der Waals surface area (Å²) in [5.74, 6) is 0.0913. The number of Topliss-reactive ketones (excluding diaryl/α,β-unsaturated/α-hetero) is 1. The summed E-state index contributed by atoms with van der Waals surface area (Å²) >= 11 is 0. The zero-order valence-electron chi connectivity index (χ0n) is 7.94. The van der Waals surface area contributed by atoms with Crippen molar-refractivity contribution in [3.8, 4) is 0 Å². The molecule has 0 amide bonds. The van der Waals surface area contributed by atoms with E-state index in [0.717, 1.165) is 12.8 Å². The molecule has 0 saturated heterocycles. The smallest absolute Gasteiger partial charge is 0.160 e. The van der Waals surface area contributed by atoms with Gasteiger partial charge in [0.15, 0.2) is 5.78 Å². The third-order valence-corrected chi connectivity index (χ3v) is 1.81. The number of ether oxygens (including phenoxy) is 1. The van der Waals surface area contributed by atoms with Crippen molar-refractivity contribution in [3.05, 3.63) is 0 Å². The van der Waals surface area contributed by atoms with Crippen LogP contribution in [-0.2, 0) is 9.53 Å². The molecule has 0 rings (SSSR count). The van der Waals surface area contributed by atoms with Crippen LogP contribution in [0.4, 0.5) is 0 Å².